The summed E-state index contributed by atoms with van der Waals surface area (Å²) in [7, 11) is 0. The summed E-state index contributed by atoms with van der Waals surface area (Å²) in [5.41, 5.74) is 0.701. The summed E-state index contributed by atoms with van der Waals surface area (Å²) >= 11 is 6.81. The van der Waals surface area contributed by atoms with Crippen molar-refractivity contribution >= 4 is 37.8 Å². The van der Waals surface area contributed by atoms with Crippen LogP contribution in [0.4, 0.5) is 0 Å². The van der Waals surface area contributed by atoms with Crippen LogP contribution in [0.1, 0.15) is 48.9 Å². The van der Waals surface area contributed by atoms with Gasteiger partial charge >= 0.3 is 0 Å². The minimum atomic E-state index is 0.00943. The van der Waals surface area contributed by atoms with Gasteiger partial charge in [-0.2, -0.15) is 0 Å². The highest BCUT2D eigenvalue weighted by molar-refractivity contribution is 9.11. The Morgan fingerprint density at radius 2 is 1.95 bits per heavy atom. The van der Waals surface area contributed by atoms with E-state index in [-0.39, 0.29) is 5.91 Å². The van der Waals surface area contributed by atoms with Gasteiger partial charge in [0, 0.05) is 15.5 Å². The Bertz CT molecular complexity index is 442. The van der Waals surface area contributed by atoms with Gasteiger partial charge in [0.05, 0.1) is 5.56 Å². The fourth-order valence-corrected chi connectivity index (χ4v) is 3.86. The van der Waals surface area contributed by atoms with Crippen molar-refractivity contribution in [1.29, 1.82) is 0 Å². The van der Waals surface area contributed by atoms with Crippen molar-refractivity contribution in [2.75, 3.05) is 6.54 Å². The molecule has 0 saturated heterocycles. The van der Waals surface area contributed by atoms with E-state index < -0.39 is 0 Å². The first-order valence-corrected chi connectivity index (χ1v) is 8.48. The molecule has 0 radical (unpaired) electrons. The standard InChI is InChI=1S/C15H19Br2NO/c16-12-6-7-13(14(17)10-12)15(19)18-9-8-11-4-2-1-3-5-11/h6-7,10-11H,1-5,8-9H2,(H,18,19). The lowest BCUT2D eigenvalue weighted by atomic mass is 9.87. The number of halogens is 2. The lowest BCUT2D eigenvalue weighted by molar-refractivity contribution is 0.0949. The SMILES string of the molecule is O=C(NCCC1CCCCC1)c1ccc(Br)cc1Br. The molecule has 1 aliphatic carbocycles. The van der Waals surface area contributed by atoms with Crippen LogP contribution in [0.25, 0.3) is 0 Å². The van der Waals surface area contributed by atoms with E-state index >= 15 is 0 Å². The highest BCUT2D eigenvalue weighted by Gasteiger charge is 2.14. The Labute approximate surface area is 131 Å². The molecule has 1 aromatic carbocycles. The molecule has 2 rings (SSSR count). The zero-order chi connectivity index (χ0) is 13.7. The van der Waals surface area contributed by atoms with E-state index in [0.717, 1.165) is 27.8 Å². The third-order valence-corrected chi connectivity index (χ3v) is 4.89. The van der Waals surface area contributed by atoms with Gasteiger partial charge in [-0.15, -0.1) is 0 Å². The van der Waals surface area contributed by atoms with Gasteiger partial charge in [0.15, 0.2) is 0 Å². The van der Waals surface area contributed by atoms with E-state index in [9.17, 15) is 4.79 Å². The molecule has 0 heterocycles. The number of benzene rings is 1. The zero-order valence-corrected chi connectivity index (χ0v) is 14.1. The van der Waals surface area contributed by atoms with Gasteiger partial charge in [-0.05, 0) is 46.5 Å². The molecule has 0 aliphatic heterocycles. The average molecular weight is 389 g/mol. The second-order valence-electron chi connectivity index (χ2n) is 5.17. The van der Waals surface area contributed by atoms with Gasteiger partial charge < -0.3 is 5.32 Å². The summed E-state index contributed by atoms with van der Waals surface area (Å²) in [6.45, 7) is 0.784. The molecular formula is C15H19Br2NO. The largest absolute Gasteiger partial charge is 0.352 e. The van der Waals surface area contributed by atoms with Crippen LogP contribution in [0.2, 0.25) is 0 Å². The third kappa shape index (κ3) is 4.60. The number of amides is 1. The summed E-state index contributed by atoms with van der Waals surface area (Å²) in [6.07, 6.45) is 7.87. The maximum absolute atomic E-state index is 12.1. The number of hydrogen-bond acceptors (Lipinski definition) is 1. The van der Waals surface area contributed by atoms with Crippen LogP contribution in [-0.4, -0.2) is 12.5 Å². The molecule has 0 spiro atoms. The first kappa shape index (κ1) is 15.0. The summed E-state index contributed by atoms with van der Waals surface area (Å²) in [5.74, 6) is 0.817. The molecule has 4 heteroatoms. The molecule has 0 bridgehead atoms. The van der Waals surface area contributed by atoms with E-state index in [0.29, 0.717) is 5.56 Å². The monoisotopic (exact) mass is 387 g/mol. The fraction of sp³-hybridized carbons (Fsp3) is 0.533. The second kappa shape index (κ2) is 7.44. The number of nitrogens with one attached hydrogen (secondary N) is 1. The highest BCUT2D eigenvalue weighted by Crippen LogP contribution is 2.26. The minimum absolute atomic E-state index is 0.00943. The first-order chi connectivity index (χ1) is 9.16. The molecule has 0 aromatic heterocycles. The average Bonchev–Trinajstić information content (AvgIpc) is 2.39. The summed E-state index contributed by atoms with van der Waals surface area (Å²) in [5, 5.41) is 3.02. The van der Waals surface area contributed by atoms with Crippen LogP contribution in [-0.2, 0) is 0 Å². The molecule has 19 heavy (non-hydrogen) atoms. The van der Waals surface area contributed by atoms with E-state index in [1.54, 1.807) is 0 Å². The fourth-order valence-electron chi connectivity index (χ4n) is 2.63. The predicted molar refractivity (Wildman–Crippen MR) is 85.4 cm³/mol. The van der Waals surface area contributed by atoms with Crippen molar-refractivity contribution in [2.24, 2.45) is 5.92 Å². The molecule has 1 aromatic rings. The molecular weight excluding hydrogens is 370 g/mol. The number of hydrogen-bond donors (Lipinski definition) is 1. The van der Waals surface area contributed by atoms with Gasteiger partial charge in [-0.25, -0.2) is 0 Å². The van der Waals surface area contributed by atoms with Gasteiger partial charge in [-0.3, -0.25) is 4.79 Å². The number of rotatable bonds is 4. The lowest BCUT2D eigenvalue weighted by Crippen LogP contribution is -2.26. The Morgan fingerprint density at radius 3 is 2.63 bits per heavy atom. The molecule has 1 amide bonds. The molecule has 2 nitrogen and oxygen atoms in total. The van der Waals surface area contributed by atoms with Gasteiger partial charge in [0.25, 0.3) is 5.91 Å². The van der Waals surface area contributed by atoms with E-state index in [1.165, 1.54) is 32.1 Å². The van der Waals surface area contributed by atoms with Crippen molar-refractivity contribution in [1.82, 2.24) is 5.32 Å². The summed E-state index contributed by atoms with van der Waals surface area (Å²) < 4.78 is 1.80. The van der Waals surface area contributed by atoms with Crippen LogP contribution >= 0.6 is 31.9 Å². The summed E-state index contributed by atoms with van der Waals surface area (Å²) in [4.78, 5) is 12.1. The molecule has 104 valence electrons. The maximum Gasteiger partial charge on any atom is 0.252 e. The highest BCUT2D eigenvalue weighted by atomic mass is 79.9. The molecule has 0 atom stereocenters. The Balaban J connectivity index is 1.80. The normalized spacial score (nSPS) is 16.3. The van der Waals surface area contributed by atoms with Crippen molar-refractivity contribution in [3.05, 3.63) is 32.7 Å². The molecule has 1 saturated carbocycles. The maximum atomic E-state index is 12.1. The Hall–Kier alpha value is -0.350. The van der Waals surface area contributed by atoms with Crippen LogP contribution in [0.5, 0.6) is 0 Å². The quantitative estimate of drug-likeness (QED) is 0.779. The molecule has 1 N–H and O–H groups in total. The van der Waals surface area contributed by atoms with E-state index in [4.69, 9.17) is 0 Å². The van der Waals surface area contributed by atoms with Crippen LogP contribution in [0.15, 0.2) is 27.1 Å². The topological polar surface area (TPSA) is 29.1 Å². The first-order valence-electron chi connectivity index (χ1n) is 6.90. The van der Waals surface area contributed by atoms with Crippen molar-refractivity contribution in [2.45, 2.75) is 38.5 Å². The molecule has 1 fully saturated rings. The summed E-state index contributed by atoms with van der Waals surface area (Å²) in [6, 6.07) is 5.63. The zero-order valence-electron chi connectivity index (χ0n) is 10.9. The van der Waals surface area contributed by atoms with Gasteiger partial charge in [0.2, 0.25) is 0 Å². The van der Waals surface area contributed by atoms with Crippen LogP contribution in [0.3, 0.4) is 0 Å². The number of carbonyl (C=O) groups is 1. The smallest absolute Gasteiger partial charge is 0.252 e. The predicted octanol–water partition coefficient (Wildman–Crippen LogP) is 4.91. The molecule has 0 unspecified atom stereocenters. The van der Waals surface area contributed by atoms with E-state index in [1.807, 2.05) is 18.2 Å². The van der Waals surface area contributed by atoms with Crippen molar-refractivity contribution in [3.8, 4) is 0 Å². The Kier molecular flexibility index (Phi) is 5.89. The minimum Gasteiger partial charge on any atom is -0.352 e. The third-order valence-electron chi connectivity index (χ3n) is 3.74. The van der Waals surface area contributed by atoms with Crippen LogP contribution < -0.4 is 5.32 Å². The number of carbonyl (C=O) groups excluding carboxylic acids is 1. The van der Waals surface area contributed by atoms with Crippen molar-refractivity contribution < 1.29 is 4.79 Å². The second-order valence-corrected chi connectivity index (χ2v) is 6.94. The van der Waals surface area contributed by atoms with Crippen LogP contribution in [0, 0.1) is 5.92 Å². The van der Waals surface area contributed by atoms with E-state index in [2.05, 4.69) is 37.2 Å². The lowest BCUT2D eigenvalue weighted by Gasteiger charge is -2.21. The Morgan fingerprint density at radius 1 is 1.21 bits per heavy atom. The molecule has 1 aliphatic rings. The van der Waals surface area contributed by atoms with Gasteiger partial charge in [0.1, 0.15) is 0 Å². The van der Waals surface area contributed by atoms with Gasteiger partial charge in [-0.1, -0.05) is 48.0 Å². The van der Waals surface area contributed by atoms with Crippen molar-refractivity contribution in [3.63, 3.8) is 0 Å².